The number of amides is 1. The lowest BCUT2D eigenvalue weighted by molar-refractivity contribution is -0.0329. The lowest BCUT2D eigenvalue weighted by atomic mass is 10.2. The fourth-order valence-corrected chi connectivity index (χ4v) is 2.96. The average molecular weight is 408 g/mol. The van der Waals surface area contributed by atoms with Crippen LogP contribution in [0, 0.1) is 0 Å². The van der Waals surface area contributed by atoms with Crippen molar-refractivity contribution in [2.24, 2.45) is 0 Å². The summed E-state index contributed by atoms with van der Waals surface area (Å²) in [5.74, 6) is 0.0613. The van der Waals surface area contributed by atoms with Gasteiger partial charge in [-0.3, -0.25) is 4.79 Å². The maximum Gasteiger partial charge on any atom is 0.447 e. The summed E-state index contributed by atoms with van der Waals surface area (Å²) in [5, 5.41) is 6.52. The molecule has 0 bridgehead atoms. The second-order valence-electron chi connectivity index (χ2n) is 5.54. The first-order valence-electron chi connectivity index (χ1n) is 8.03. The molecule has 1 amide bonds. The molecule has 3 aromatic rings. The molecule has 0 aliphatic carbocycles. The largest absolute Gasteiger partial charge is 0.497 e. The summed E-state index contributed by atoms with van der Waals surface area (Å²) in [6, 6.07) is 11.6. The van der Waals surface area contributed by atoms with Gasteiger partial charge in [-0.2, -0.15) is 18.3 Å². The minimum absolute atomic E-state index is 0.0625. The van der Waals surface area contributed by atoms with Gasteiger partial charge in [0.15, 0.2) is 0 Å². The molecule has 1 N–H and O–H groups in total. The van der Waals surface area contributed by atoms with E-state index < -0.39 is 28.2 Å². The van der Waals surface area contributed by atoms with Crippen LogP contribution < -0.4 is 10.1 Å². The topological polar surface area (TPSA) is 69.0 Å². The van der Waals surface area contributed by atoms with E-state index in [4.69, 9.17) is 4.74 Å². The number of methoxy groups -OCH3 is 1. The number of carbonyl (C=O) groups is 1. The van der Waals surface area contributed by atoms with Gasteiger partial charge in [0.1, 0.15) is 10.8 Å². The van der Waals surface area contributed by atoms with Gasteiger partial charge < -0.3 is 10.1 Å². The highest BCUT2D eigenvalue weighted by Gasteiger charge is 2.32. The Morgan fingerprint density at radius 2 is 1.96 bits per heavy atom. The third-order valence-corrected chi connectivity index (χ3v) is 4.39. The molecule has 0 saturated heterocycles. The summed E-state index contributed by atoms with van der Waals surface area (Å²) in [6.07, 6.45) is 2.93. The normalized spacial score (nSPS) is 11.3. The molecule has 0 radical (unpaired) electrons. The number of benzene rings is 1. The van der Waals surface area contributed by atoms with Crippen LogP contribution >= 0.6 is 11.8 Å². The summed E-state index contributed by atoms with van der Waals surface area (Å²) >= 11 is -0.420. The Morgan fingerprint density at radius 1 is 1.21 bits per heavy atom. The number of nitrogens with one attached hydrogen (secondary N) is 1. The number of ether oxygens (including phenoxy) is 1. The van der Waals surface area contributed by atoms with Crippen LogP contribution in [0.15, 0.2) is 59.9 Å². The molecule has 0 aliphatic heterocycles. The van der Waals surface area contributed by atoms with Crippen molar-refractivity contribution in [2.75, 3.05) is 7.11 Å². The number of rotatable bonds is 6. The summed E-state index contributed by atoms with van der Waals surface area (Å²) < 4.78 is 44.6. The van der Waals surface area contributed by atoms with Crippen LogP contribution in [0.5, 0.6) is 5.75 Å². The van der Waals surface area contributed by atoms with E-state index in [-0.39, 0.29) is 12.1 Å². The first-order valence-corrected chi connectivity index (χ1v) is 8.85. The fourth-order valence-electron chi connectivity index (χ4n) is 2.36. The number of pyridine rings is 1. The number of halogens is 3. The molecule has 0 unspecified atom stereocenters. The predicted octanol–water partition coefficient (Wildman–Crippen LogP) is 3.82. The quantitative estimate of drug-likeness (QED) is 0.628. The minimum Gasteiger partial charge on any atom is -0.497 e. The summed E-state index contributed by atoms with van der Waals surface area (Å²) in [7, 11) is 1.57. The molecule has 146 valence electrons. The van der Waals surface area contributed by atoms with Crippen LogP contribution in [0.3, 0.4) is 0 Å². The lowest BCUT2D eigenvalue weighted by Gasteiger charge is -2.09. The van der Waals surface area contributed by atoms with Gasteiger partial charge in [0.25, 0.3) is 5.91 Å². The van der Waals surface area contributed by atoms with Gasteiger partial charge in [0.2, 0.25) is 0 Å². The SMILES string of the molecule is COc1ccc(-n2ccc(CNC(=O)c3cccnc3SC(F)(F)F)n2)cc1. The molecule has 3 rings (SSSR count). The van der Waals surface area contributed by atoms with E-state index in [1.54, 1.807) is 36.2 Å². The molecule has 6 nitrogen and oxygen atoms in total. The predicted molar refractivity (Wildman–Crippen MR) is 97.4 cm³/mol. The monoisotopic (exact) mass is 408 g/mol. The summed E-state index contributed by atoms with van der Waals surface area (Å²) in [4.78, 5) is 15.9. The zero-order valence-corrected chi connectivity index (χ0v) is 15.4. The van der Waals surface area contributed by atoms with E-state index in [0.717, 1.165) is 5.69 Å². The first kappa shape index (κ1) is 19.7. The van der Waals surface area contributed by atoms with Crippen molar-refractivity contribution in [1.29, 1.82) is 0 Å². The Balaban J connectivity index is 1.66. The summed E-state index contributed by atoms with van der Waals surface area (Å²) in [6.45, 7) is 0.0625. The van der Waals surface area contributed by atoms with Crippen molar-refractivity contribution >= 4 is 17.7 Å². The maximum atomic E-state index is 12.6. The Morgan fingerprint density at radius 3 is 2.64 bits per heavy atom. The number of alkyl halides is 3. The van der Waals surface area contributed by atoms with Crippen LogP contribution in [-0.2, 0) is 6.54 Å². The molecule has 0 fully saturated rings. The van der Waals surface area contributed by atoms with Crippen molar-refractivity contribution in [3.63, 3.8) is 0 Å². The zero-order valence-electron chi connectivity index (χ0n) is 14.6. The molecule has 2 heterocycles. The maximum absolute atomic E-state index is 12.6. The van der Waals surface area contributed by atoms with E-state index in [1.807, 2.05) is 12.1 Å². The number of thioether (sulfide) groups is 1. The molecule has 10 heteroatoms. The molecule has 0 saturated carbocycles. The molecule has 0 aliphatic rings. The van der Waals surface area contributed by atoms with Gasteiger partial charge in [0, 0.05) is 24.2 Å². The van der Waals surface area contributed by atoms with Gasteiger partial charge >= 0.3 is 5.51 Å². The highest BCUT2D eigenvalue weighted by atomic mass is 32.2. The van der Waals surface area contributed by atoms with Crippen LogP contribution in [0.4, 0.5) is 13.2 Å². The second kappa shape index (κ2) is 8.34. The van der Waals surface area contributed by atoms with Crippen molar-refractivity contribution < 1.29 is 22.7 Å². The van der Waals surface area contributed by atoms with E-state index in [0.29, 0.717) is 11.4 Å². The van der Waals surface area contributed by atoms with E-state index in [2.05, 4.69) is 15.4 Å². The molecular weight excluding hydrogens is 393 g/mol. The van der Waals surface area contributed by atoms with Crippen molar-refractivity contribution in [3.8, 4) is 11.4 Å². The van der Waals surface area contributed by atoms with Crippen LogP contribution in [0.2, 0.25) is 0 Å². The number of hydrogen-bond acceptors (Lipinski definition) is 5. The zero-order chi connectivity index (χ0) is 20.1. The summed E-state index contributed by atoms with van der Waals surface area (Å²) in [5.41, 5.74) is -3.31. The van der Waals surface area contributed by atoms with Gasteiger partial charge in [0.05, 0.1) is 30.6 Å². The smallest absolute Gasteiger partial charge is 0.447 e. The minimum atomic E-state index is -4.53. The lowest BCUT2D eigenvalue weighted by Crippen LogP contribution is -2.24. The Hall–Kier alpha value is -3.01. The highest BCUT2D eigenvalue weighted by Crippen LogP contribution is 2.37. The Labute approximate surface area is 162 Å². The second-order valence-corrected chi connectivity index (χ2v) is 6.59. The Bertz CT molecular complexity index is 958. The van der Waals surface area contributed by atoms with E-state index in [1.165, 1.54) is 18.3 Å². The average Bonchev–Trinajstić information content (AvgIpc) is 3.14. The third-order valence-electron chi connectivity index (χ3n) is 3.64. The number of aromatic nitrogens is 3. The molecular formula is C18H15F3N4O2S. The van der Waals surface area contributed by atoms with Gasteiger partial charge in [-0.1, -0.05) is 0 Å². The van der Waals surface area contributed by atoms with Crippen LogP contribution in [0.25, 0.3) is 5.69 Å². The van der Waals surface area contributed by atoms with Crippen LogP contribution in [0.1, 0.15) is 16.1 Å². The first-order chi connectivity index (χ1) is 13.4. The van der Waals surface area contributed by atoms with Crippen molar-refractivity contribution in [3.05, 3.63) is 66.1 Å². The number of carbonyl (C=O) groups excluding carboxylic acids is 1. The van der Waals surface area contributed by atoms with Crippen molar-refractivity contribution in [2.45, 2.75) is 17.1 Å². The highest BCUT2D eigenvalue weighted by molar-refractivity contribution is 8.00. The fraction of sp³-hybridized carbons (Fsp3) is 0.167. The van der Waals surface area contributed by atoms with Gasteiger partial charge in [-0.05, 0) is 42.5 Å². The van der Waals surface area contributed by atoms with E-state index >= 15 is 0 Å². The van der Waals surface area contributed by atoms with Gasteiger partial charge in [-0.15, -0.1) is 0 Å². The van der Waals surface area contributed by atoms with E-state index in [9.17, 15) is 18.0 Å². The number of hydrogen-bond donors (Lipinski definition) is 1. The van der Waals surface area contributed by atoms with Crippen molar-refractivity contribution in [1.82, 2.24) is 20.1 Å². The molecule has 0 atom stereocenters. The third kappa shape index (κ3) is 5.03. The molecule has 1 aromatic carbocycles. The van der Waals surface area contributed by atoms with Gasteiger partial charge in [-0.25, -0.2) is 9.67 Å². The molecule has 28 heavy (non-hydrogen) atoms. The molecule has 2 aromatic heterocycles. The van der Waals surface area contributed by atoms with Crippen LogP contribution in [-0.4, -0.2) is 33.3 Å². The number of nitrogens with zero attached hydrogens (tertiary/aromatic N) is 3. The Kier molecular flexibility index (Phi) is 5.88. The standard InChI is InChI=1S/C18H15F3N4O2S/c1-27-14-6-4-13(5-7-14)25-10-8-12(24-25)11-23-16(26)15-3-2-9-22-17(15)28-18(19,20)21/h2-10H,11H2,1H3,(H,23,26). The molecule has 0 spiro atoms.